The first-order valence-electron chi connectivity index (χ1n) is 5.81. The Hall–Kier alpha value is -1.02. The molecule has 0 atom stereocenters. The Kier molecular flexibility index (Phi) is 3.98. The third kappa shape index (κ3) is 3.86. The standard InChI is InChI=1S/C14H24N2/c1-11-9-13(16(5)6)8-7-12(11)10-15-14(2,3)4/h7-9,15H,10H2,1-6H3. The van der Waals surface area contributed by atoms with Crippen LogP contribution in [0.15, 0.2) is 18.2 Å². The van der Waals surface area contributed by atoms with Crippen LogP contribution in [0, 0.1) is 6.92 Å². The molecule has 0 aliphatic rings. The summed E-state index contributed by atoms with van der Waals surface area (Å²) >= 11 is 0. The van der Waals surface area contributed by atoms with Gasteiger partial charge < -0.3 is 10.2 Å². The first-order chi connectivity index (χ1) is 7.29. The lowest BCUT2D eigenvalue weighted by atomic mass is 10.0. The number of hydrogen-bond donors (Lipinski definition) is 1. The molecule has 16 heavy (non-hydrogen) atoms. The second-order valence-corrected chi connectivity index (χ2v) is 5.61. The number of rotatable bonds is 3. The van der Waals surface area contributed by atoms with Crippen LogP contribution in [0.5, 0.6) is 0 Å². The zero-order chi connectivity index (χ0) is 12.3. The molecule has 0 heterocycles. The van der Waals surface area contributed by atoms with Gasteiger partial charge >= 0.3 is 0 Å². The van der Waals surface area contributed by atoms with Crippen molar-refractivity contribution in [3.05, 3.63) is 29.3 Å². The topological polar surface area (TPSA) is 15.3 Å². The van der Waals surface area contributed by atoms with E-state index in [2.05, 4.69) is 70.2 Å². The molecule has 1 aromatic carbocycles. The van der Waals surface area contributed by atoms with Crippen molar-refractivity contribution in [3.63, 3.8) is 0 Å². The van der Waals surface area contributed by atoms with Crippen LogP contribution in [-0.4, -0.2) is 19.6 Å². The highest BCUT2D eigenvalue weighted by atomic mass is 15.1. The van der Waals surface area contributed by atoms with Gasteiger partial charge in [0.15, 0.2) is 0 Å². The van der Waals surface area contributed by atoms with Crippen molar-refractivity contribution < 1.29 is 0 Å². The van der Waals surface area contributed by atoms with E-state index in [0.29, 0.717) is 0 Å². The lowest BCUT2D eigenvalue weighted by molar-refractivity contribution is 0.424. The Morgan fingerprint density at radius 1 is 1.19 bits per heavy atom. The smallest absolute Gasteiger partial charge is 0.0363 e. The zero-order valence-corrected chi connectivity index (χ0v) is 11.4. The summed E-state index contributed by atoms with van der Waals surface area (Å²) in [5.41, 5.74) is 4.16. The maximum Gasteiger partial charge on any atom is 0.0363 e. The van der Waals surface area contributed by atoms with Gasteiger partial charge in [0.2, 0.25) is 0 Å². The Morgan fingerprint density at radius 3 is 2.25 bits per heavy atom. The van der Waals surface area contributed by atoms with E-state index < -0.39 is 0 Å². The summed E-state index contributed by atoms with van der Waals surface area (Å²) in [6.45, 7) is 9.68. The fraction of sp³-hybridized carbons (Fsp3) is 0.571. The molecule has 2 heteroatoms. The molecule has 0 unspecified atom stereocenters. The maximum atomic E-state index is 3.51. The maximum absolute atomic E-state index is 3.51. The van der Waals surface area contributed by atoms with Crippen LogP contribution in [0.3, 0.4) is 0 Å². The number of hydrogen-bond acceptors (Lipinski definition) is 2. The first-order valence-corrected chi connectivity index (χ1v) is 5.81. The number of nitrogens with zero attached hydrogens (tertiary/aromatic N) is 1. The van der Waals surface area contributed by atoms with Crippen LogP contribution >= 0.6 is 0 Å². The fourth-order valence-corrected chi connectivity index (χ4v) is 1.52. The molecule has 0 fully saturated rings. The van der Waals surface area contributed by atoms with Gasteiger partial charge in [0.1, 0.15) is 0 Å². The summed E-state index contributed by atoms with van der Waals surface area (Å²) in [4.78, 5) is 2.13. The Labute approximate surface area is 99.7 Å². The van der Waals surface area contributed by atoms with Crippen molar-refractivity contribution >= 4 is 5.69 Å². The summed E-state index contributed by atoms with van der Waals surface area (Å²) in [5, 5.41) is 3.51. The van der Waals surface area contributed by atoms with Crippen LogP contribution in [0.2, 0.25) is 0 Å². The zero-order valence-electron chi connectivity index (χ0n) is 11.4. The molecular weight excluding hydrogens is 196 g/mol. The average molecular weight is 220 g/mol. The van der Waals surface area contributed by atoms with E-state index in [-0.39, 0.29) is 5.54 Å². The summed E-state index contributed by atoms with van der Waals surface area (Å²) in [7, 11) is 4.14. The van der Waals surface area contributed by atoms with E-state index in [4.69, 9.17) is 0 Å². The monoisotopic (exact) mass is 220 g/mol. The minimum atomic E-state index is 0.173. The van der Waals surface area contributed by atoms with Crippen LogP contribution in [-0.2, 0) is 6.54 Å². The lowest BCUT2D eigenvalue weighted by Crippen LogP contribution is -2.35. The fourth-order valence-electron chi connectivity index (χ4n) is 1.52. The molecule has 1 N–H and O–H groups in total. The van der Waals surface area contributed by atoms with Gasteiger partial charge in [0.25, 0.3) is 0 Å². The second-order valence-electron chi connectivity index (χ2n) is 5.61. The van der Waals surface area contributed by atoms with Gasteiger partial charge in [-0.2, -0.15) is 0 Å². The summed E-state index contributed by atoms with van der Waals surface area (Å²) in [5.74, 6) is 0. The Balaban J connectivity index is 2.76. The highest BCUT2D eigenvalue weighted by molar-refractivity contribution is 5.49. The molecule has 0 spiro atoms. The SMILES string of the molecule is Cc1cc(N(C)C)ccc1CNC(C)(C)C. The van der Waals surface area contributed by atoms with Crippen molar-refractivity contribution in [2.75, 3.05) is 19.0 Å². The van der Waals surface area contributed by atoms with E-state index in [9.17, 15) is 0 Å². The first kappa shape index (κ1) is 13.0. The molecule has 0 aliphatic carbocycles. The Bertz CT molecular complexity index is 348. The molecule has 0 amide bonds. The second kappa shape index (κ2) is 4.88. The predicted octanol–water partition coefficient (Wildman–Crippen LogP) is 2.95. The summed E-state index contributed by atoms with van der Waals surface area (Å²) < 4.78 is 0. The molecule has 90 valence electrons. The highest BCUT2D eigenvalue weighted by Gasteiger charge is 2.09. The van der Waals surface area contributed by atoms with E-state index in [1.807, 2.05) is 0 Å². The predicted molar refractivity (Wildman–Crippen MR) is 72.1 cm³/mol. The molecule has 0 aromatic heterocycles. The molecule has 0 aliphatic heterocycles. The molecule has 1 rings (SSSR count). The Morgan fingerprint density at radius 2 is 1.81 bits per heavy atom. The van der Waals surface area contributed by atoms with E-state index in [0.717, 1.165) is 6.54 Å². The molecular formula is C14H24N2. The van der Waals surface area contributed by atoms with Crippen molar-refractivity contribution in [3.8, 4) is 0 Å². The molecule has 0 saturated carbocycles. The van der Waals surface area contributed by atoms with Gasteiger partial charge in [0.05, 0.1) is 0 Å². The minimum absolute atomic E-state index is 0.173. The van der Waals surface area contributed by atoms with E-state index >= 15 is 0 Å². The van der Waals surface area contributed by atoms with E-state index in [1.165, 1.54) is 16.8 Å². The number of aryl methyl sites for hydroxylation is 1. The minimum Gasteiger partial charge on any atom is -0.378 e. The van der Waals surface area contributed by atoms with Crippen molar-refractivity contribution in [1.82, 2.24) is 5.32 Å². The van der Waals surface area contributed by atoms with Gasteiger partial charge in [-0.25, -0.2) is 0 Å². The molecule has 0 saturated heterocycles. The average Bonchev–Trinajstić information content (AvgIpc) is 2.14. The quantitative estimate of drug-likeness (QED) is 0.842. The molecule has 1 aromatic rings. The van der Waals surface area contributed by atoms with Gasteiger partial charge in [-0.3, -0.25) is 0 Å². The van der Waals surface area contributed by atoms with Gasteiger partial charge in [-0.05, 0) is 51.0 Å². The van der Waals surface area contributed by atoms with Crippen molar-refractivity contribution in [1.29, 1.82) is 0 Å². The molecule has 0 radical (unpaired) electrons. The third-order valence-electron chi connectivity index (χ3n) is 2.65. The highest BCUT2D eigenvalue weighted by Crippen LogP contribution is 2.17. The third-order valence-corrected chi connectivity index (χ3v) is 2.65. The number of anilines is 1. The van der Waals surface area contributed by atoms with Crippen LogP contribution < -0.4 is 10.2 Å². The van der Waals surface area contributed by atoms with Crippen LogP contribution in [0.1, 0.15) is 31.9 Å². The van der Waals surface area contributed by atoms with E-state index in [1.54, 1.807) is 0 Å². The number of benzene rings is 1. The lowest BCUT2D eigenvalue weighted by Gasteiger charge is -2.22. The summed E-state index contributed by atoms with van der Waals surface area (Å²) in [6.07, 6.45) is 0. The van der Waals surface area contributed by atoms with Gasteiger partial charge in [-0.15, -0.1) is 0 Å². The van der Waals surface area contributed by atoms with Crippen LogP contribution in [0.25, 0.3) is 0 Å². The molecule has 0 bridgehead atoms. The number of nitrogens with one attached hydrogen (secondary N) is 1. The van der Waals surface area contributed by atoms with Gasteiger partial charge in [0, 0.05) is 31.9 Å². The molecule has 2 nitrogen and oxygen atoms in total. The normalized spacial score (nSPS) is 11.6. The van der Waals surface area contributed by atoms with Crippen LogP contribution in [0.4, 0.5) is 5.69 Å². The van der Waals surface area contributed by atoms with Crippen molar-refractivity contribution in [2.24, 2.45) is 0 Å². The van der Waals surface area contributed by atoms with Gasteiger partial charge in [-0.1, -0.05) is 6.07 Å². The largest absolute Gasteiger partial charge is 0.378 e. The van der Waals surface area contributed by atoms with Crippen molar-refractivity contribution in [2.45, 2.75) is 39.8 Å². The summed E-state index contributed by atoms with van der Waals surface area (Å²) in [6, 6.07) is 6.62.